The fraction of sp³-hybridized carbons (Fsp3) is 0.222. The molecule has 0 amide bonds. The van der Waals surface area contributed by atoms with Gasteiger partial charge in [-0.1, -0.05) is 25.4 Å². The Morgan fingerprint density at radius 1 is 1.27 bits per heavy atom. The number of benzene rings is 2. The lowest BCUT2D eigenvalue weighted by Gasteiger charge is -2.11. The van der Waals surface area contributed by atoms with Crippen LogP contribution in [0.4, 0.5) is 4.39 Å². The van der Waals surface area contributed by atoms with Crippen LogP contribution in [0.5, 0.6) is 0 Å². The first-order valence-corrected chi connectivity index (χ1v) is 8.34. The van der Waals surface area contributed by atoms with Gasteiger partial charge in [0.2, 0.25) is 0 Å². The first-order chi connectivity index (χ1) is 12.3. The Hall–Kier alpha value is -2.80. The Morgan fingerprint density at radius 2 is 2.04 bits per heavy atom. The van der Waals surface area contributed by atoms with Gasteiger partial charge in [0.15, 0.2) is 5.82 Å². The lowest BCUT2D eigenvalue weighted by atomic mass is 10.0. The molecule has 0 aliphatic heterocycles. The summed E-state index contributed by atoms with van der Waals surface area (Å²) in [6.45, 7) is 4.08. The van der Waals surface area contributed by atoms with Crippen molar-refractivity contribution in [3.63, 3.8) is 0 Å². The Labute approximate surface area is 154 Å². The van der Waals surface area contributed by atoms with E-state index in [1.807, 2.05) is 13.8 Å². The van der Waals surface area contributed by atoms with E-state index < -0.39 is 11.8 Å². The van der Waals surface area contributed by atoms with Crippen LogP contribution in [0, 0.1) is 11.7 Å². The van der Waals surface area contributed by atoms with Crippen LogP contribution in [0.2, 0.25) is 5.02 Å². The molecule has 0 unspecified atom stereocenters. The van der Waals surface area contributed by atoms with E-state index in [2.05, 4.69) is 15.5 Å². The first-order valence-electron chi connectivity index (χ1n) is 7.96. The van der Waals surface area contributed by atoms with Crippen LogP contribution in [-0.2, 0) is 6.42 Å². The van der Waals surface area contributed by atoms with Crippen LogP contribution < -0.4 is 0 Å². The molecule has 1 aromatic heterocycles. The highest BCUT2D eigenvalue weighted by Gasteiger charge is 2.16. The minimum atomic E-state index is -1.09. The number of hydrogen-bond donors (Lipinski definition) is 1. The SMILES string of the molecule is CC(C)Cc1nnnn1-c1cc(C(=O)O)cc(-c2ccc(F)cc2Cl)c1. The van der Waals surface area contributed by atoms with E-state index >= 15 is 0 Å². The van der Waals surface area contributed by atoms with Gasteiger partial charge in [0.25, 0.3) is 0 Å². The van der Waals surface area contributed by atoms with E-state index in [9.17, 15) is 14.3 Å². The fourth-order valence-corrected chi connectivity index (χ4v) is 2.91. The van der Waals surface area contributed by atoms with Crippen molar-refractivity contribution < 1.29 is 14.3 Å². The maximum Gasteiger partial charge on any atom is 0.335 e. The van der Waals surface area contributed by atoms with Gasteiger partial charge in [0.1, 0.15) is 5.82 Å². The Kier molecular flexibility index (Phi) is 4.99. The molecule has 0 atom stereocenters. The molecule has 0 radical (unpaired) electrons. The van der Waals surface area contributed by atoms with Crippen LogP contribution in [0.1, 0.15) is 30.0 Å². The van der Waals surface area contributed by atoms with Crippen LogP contribution in [-0.4, -0.2) is 31.3 Å². The number of carbonyl (C=O) groups is 1. The number of carboxylic acids is 1. The molecule has 8 heteroatoms. The van der Waals surface area contributed by atoms with Crippen LogP contribution in [0.15, 0.2) is 36.4 Å². The predicted molar refractivity (Wildman–Crippen MR) is 95.1 cm³/mol. The number of halogens is 2. The Bertz CT molecular complexity index is 972. The van der Waals surface area contributed by atoms with Crippen molar-refractivity contribution in [1.29, 1.82) is 0 Å². The van der Waals surface area contributed by atoms with Gasteiger partial charge in [-0.05, 0) is 58.3 Å². The quantitative estimate of drug-likeness (QED) is 0.729. The van der Waals surface area contributed by atoms with Crippen molar-refractivity contribution in [2.45, 2.75) is 20.3 Å². The number of nitrogens with zero attached hydrogens (tertiary/aromatic N) is 4. The van der Waals surface area contributed by atoms with E-state index in [-0.39, 0.29) is 10.6 Å². The van der Waals surface area contributed by atoms with Gasteiger partial charge in [-0.3, -0.25) is 0 Å². The normalized spacial score (nSPS) is 11.1. The van der Waals surface area contributed by atoms with Crippen LogP contribution in [0.3, 0.4) is 0 Å². The van der Waals surface area contributed by atoms with Crippen LogP contribution in [0.25, 0.3) is 16.8 Å². The standard InChI is InChI=1S/C18H16ClFN4O2/c1-10(2)5-17-21-22-23-24(17)14-7-11(6-12(8-14)18(25)26)15-4-3-13(20)9-16(15)19/h3-4,6-10H,5H2,1-2H3,(H,25,26). The molecule has 3 aromatic rings. The summed E-state index contributed by atoms with van der Waals surface area (Å²) in [6.07, 6.45) is 0.636. The fourth-order valence-electron chi connectivity index (χ4n) is 2.63. The van der Waals surface area contributed by atoms with Crippen molar-refractivity contribution >= 4 is 17.6 Å². The molecular formula is C18H16ClFN4O2. The zero-order chi connectivity index (χ0) is 18.8. The third-order valence-electron chi connectivity index (χ3n) is 3.78. The molecule has 26 heavy (non-hydrogen) atoms. The monoisotopic (exact) mass is 374 g/mol. The van der Waals surface area contributed by atoms with Crippen molar-refractivity contribution in [3.8, 4) is 16.8 Å². The summed E-state index contributed by atoms with van der Waals surface area (Å²) in [4.78, 5) is 11.6. The lowest BCUT2D eigenvalue weighted by molar-refractivity contribution is 0.0697. The van der Waals surface area contributed by atoms with E-state index in [1.54, 1.807) is 6.07 Å². The number of aromatic carboxylic acids is 1. The molecule has 0 fully saturated rings. The van der Waals surface area contributed by atoms with E-state index in [4.69, 9.17) is 11.6 Å². The zero-order valence-electron chi connectivity index (χ0n) is 14.1. The van der Waals surface area contributed by atoms with Gasteiger partial charge in [-0.15, -0.1) is 5.10 Å². The Balaban J connectivity index is 2.17. The minimum Gasteiger partial charge on any atom is -0.478 e. The molecule has 0 saturated carbocycles. The summed E-state index contributed by atoms with van der Waals surface area (Å²) in [5, 5.41) is 21.3. The van der Waals surface area contributed by atoms with Gasteiger partial charge in [0.05, 0.1) is 16.3 Å². The molecule has 6 nitrogen and oxygen atoms in total. The molecule has 2 aromatic carbocycles. The largest absolute Gasteiger partial charge is 0.478 e. The second kappa shape index (κ2) is 7.21. The number of aromatic nitrogens is 4. The zero-order valence-corrected chi connectivity index (χ0v) is 14.9. The highest BCUT2D eigenvalue weighted by Crippen LogP contribution is 2.31. The van der Waals surface area contributed by atoms with Gasteiger partial charge < -0.3 is 5.11 Å². The molecular weight excluding hydrogens is 359 g/mol. The smallest absolute Gasteiger partial charge is 0.335 e. The van der Waals surface area contributed by atoms with Gasteiger partial charge in [-0.2, -0.15) is 4.68 Å². The summed E-state index contributed by atoms with van der Waals surface area (Å²) < 4.78 is 14.8. The summed E-state index contributed by atoms with van der Waals surface area (Å²) in [7, 11) is 0. The summed E-state index contributed by atoms with van der Waals surface area (Å²) in [5.74, 6) is -0.606. The van der Waals surface area contributed by atoms with Crippen molar-refractivity contribution in [2.24, 2.45) is 5.92 Å². The summed E-state index contributed by atoms with van der Waals surface area (Å²) in [5.41, 5.74) is 1.62. The maximum absolute atomic E-state index is 13.3. The van der Waals surface area contributed by atoms with Crippen LogP contribution >= 0.6 is 11.6 Å². The summed E-state index contributed by atoms with van der Waals surface area (Å²) in [6, 6.07) is 8.67. The highest BCUT2D eigenvalue weighted by atomic mass is 35.5. The lowest BCUT2D eigenvalue weighted by Crippen LogP contribution is -2.08. The number of rotatable bonds is 5. The maximum atomic E-state index is 13.3. The highest BCUT2D eigenvalue weighted by molar-refractivity contribution is 6.33. The second-order valence-electron chi connectivity index (χ2n) is 6.30. The van der Waals surface area contributed by atoms with Crippen molar-refractivity contribution in [3.05, 3.63) is 58.6 Å². The average molecular weight is 375 g/mol. The molecule has 0 aliphatic carbocycles. The topological polar surface area (TPSA) is 80.9 Å². The number of hydrogen-bond acceptors (Lipinski definition) is 4. The molecule has 1 heterocycles. The Morgan fingerprint density at radius 3 is 2.69 bits per heavy atom. The van der Waals surface area contributed by atoms with Crippen molar-refractivity contribution in [2.75, 3.05) is 0 Å². The number of tetrazole rings is 1. The van der Waals surface area contributed by atoms with E-state index in [1.165, 1.54) is 35.0 Å². The molecule has 134 valence electrons. The second-order valence-corrected chi connectivity index (χ2v) is 6.71. The molecule has 0 bridgehead atoms. The third kappa shape index (κ3) is 3.72. The molecule has 1 N–H and O–H groups in total. The molecule has 0 spiro atoms. The molecule has 0 aliphatic rings. The summed E-state index contributed by atoms with van der Waals surface area (Å²) >= 11 is 6.14. The first kappa shape index (κ1) is 18.0. The molecule has 0 saturated heterocycles. The molecule has 3 rings (SSSR count). The minimum absolute atomic E-state index is 0.0592. The van der Waals surface area contributed by atoms with Gasteiger partial charge in [-0.25, -0.2) is 9.18 Å². The number of carboxylic acid groups (broad SMARTS) is 1. The van der Waals surface area contributed by atoms with Gasteiger partial charge in [0, 0.05) is 12.0 Å². The van der Waals surface area contributed by atoms with Crippen molar-refractivity contribution in [1.82, 2.24) is 20.2 Å². The van der Waals surface area contributed by atoms with E-state index in [0.717, 1.165) is 0 Å². The third-order valence-corrected chi connectivity index (χ3v) is 4.09. The average Bonchev–Trinajstić information content (AvgIpc) is 3.01. The van der Waals surface area contributed by atoms with E-state index in [0.29, 0.717) is 35.0 Å². The van der Waals surface area contributed by atoms with Gasteiger partial charge >= 0.3 is 5.97 Å². The predicted octanol–water partition coefficient (Wildman–Crippen LogP) is 4.02.